The van der Waals surface area contributed by atoms with E-state index >= 15 is 0 Å². The zero-order chi connectivity index (χ0) is 19.5. The van der Waals surface area contributed by atoms with Crippen LogP contribution in [-0.4, -0.2) is 14.2 Å². The third kappa shape index (κ3) is 3.30. The van der Waals surface area contributed by atoms with Crippen molar-refractivity contribution in [1.29, 1.82) is 0 Å². The normalized spacial score (nSPS) is 11.6. The van der Waals surface area contributed by atoms with E-state index in [1.165, 1.54) is 0 Å². The van der Waals surface area contributed by atoms with Crippen molar-refractivity contribution in [1.82, 2.24) is 0 Å². The quantitative estimate of drug-likeness (QED) is 0.516. The Morgan fingerprint density at radius 2 is 1.57 bits per heavy atom. The first-order valence-corrected chi connectivity index (χ1v) is 8.84. The van der Waals surface area contributed by atoms with Crippen molar-refractivity contribution in [3.05, 3.63) is 78.2 Å². The van der Waals surface area contributed by atoms with E-state index in [4.69, 9.17) is 24.6 Å². The molecule has 3 aromatic carbocycles. The number of hydrogen-bond acceptors (Lipinski definition) is 5. The number of benzene rings is 3. The first-order valence-electron chi connectivity index (χ1n) is 8.84. The van der Waals surface area contributed by atoms with Gasteiger partial charge in [-0.15, -0.1) is 0 Å². The predicted octanol–water partition coefficient (Wildman–Crippen LogP) is 4.93. The molecule has 0 saturated heterocycles. The molecule has 0 radical (unpaired) electrons. The van der Waals surface area contributed by atoms with Crippen LogP contribution in [0.3, 0.4) is 0 Å². The van der Waals surface area contributed by atoms with Crippen LogP contribution in [0.2, 0.25) is 0 Å². The molecular weight excluding hydrogens is 352 g/mol. The summed E-state index contributed by atoms with van der Waals surface area (Å²) in [5.74, 6) is 1.97. The van der Waals surface area contributed by atoms with Gasteiger partial charge < -0.3 is 19.6 Å². The fraction of sp³-hybridized carbons (Fsp3) is 0.0870. The van der Waals surface area contributed by atoms with Crippen molar-refractivity contribution < 1.29 is 13.9 Å². The van der Waals surface area contributed by atoms with Crippen LogP contribution < -0.4 is 20.6 Å². The number of hydrogen-bond donors (Lipinski definition) is 1. The molecular formula is C23H20N2O3. The smallest absolute Gasteiger partial charge is 0.161 e. The highest BCUT2D eigenvalue weighted by Gasteiger charge is 2.10. The van der Waals surface area contributed by atoms with Crippen molar-refractivity contribution in [3.8, 4) is 22.8 Å². The maximum absolute atomic E-state index is 6.14. The Balaban J connectivity index is 1.96. The number of nitrogens with two attached hydrogens (primary N) is 1. The summed E-state index contributed by atoms with van der Waals surface area (Å²) in [5.41, 5.74) is 9.03. The maximum atomic E-state index is 6.14. The van der Waals surface area contributed by atoms with Gasteiger partial charge in [-0.25, -0.2) is 4.99 Å². The van der Waals surface area contributed by atoms with Crippen LogP contribution in [0.15, 0.2) is 82.2 Å². The monoisotopic (exact) mass is 372 g/mol. The third-order valence-electron chi connectivity index (χ3n) is 4.50. The van der Waals surface area contributed by atoms with Crippen molar-refractivity contribution in [2.24, 2.45) is 4.99 Å². The number of rotatable bonds is 4. The Morgan fingerprint density at radius 1 is 0.821 bits per heavy atom. The summed E-state index contributed by atoms with van der Waals surface area (Å²) in [5, 5.41) is 1.69. The van der Waals surface area contributed by atoms with Crippen LogP contribution in [0.25, 0.3) is 22.3 Å². The molecule has 5 heteroatoms. The maximum Gasteiger partial charge on any atom is 0.161 e. The summed E-state index contributed by atoms with van der Waals surface area (Å²) in [6.45, 7) is 0. The topological polar surface area (TPSA) is 70.0 Å². The average Bonchev–Trinajstić information content (AvgIpc) is 2.74. The molecule has 0 fully saturated rings. The molecule has 0 aliphatic heterocycles. The molecule has 28 heavy (non-hydrogen) atoms. The number of para-hydroxylation sites is 3. The number of fused-ring (bicyclic) bond motifs is 1. The number of anilines is 1. The molecule has 0 amide bonds. The largest absolute Gasteiger partial charge is 0.493 e. The second kappa shape index (κ2) is 7.48. The molecule has 0 saturated carbocycles. The van der Waals surface area contributed by atoms with Gasteiger partial charge in [0.2, 0.25) is 0 Å². The second-order valence-electron chi connectivity index (χ2n) is 6.23. The highest BCUT2D eigenvalue weighted by molar-refractivity contribution is 5.79. The first-order chi connectivity index (χ1) is 13.7. The molecule has 2 N–H and O–H groups in total. The van der Waals surface area contributed by atoms with Crippen molar-refractivity contribution in [2.75, 3.05) is 20.0 Å². The molecule has 1 heterocycles. The van der Waals surface area contributed by atoms with Gasteiger partial charge >= 0.3 is 0 Å². The van der Waals surface area contributed by atoms with Crippen LogP contribution >= 0.6 is 0 Å². The van der Waals surface area contributed by atoms with Crippen molar-refractivity contribution in [3.63, 3.8) is 0 Å². The van der Waals surface area contributed by atoms with Gasteiger partial charge in [-0.2, -0.15) is 0 Å². The molecule has 0 unspecified atom stereocenters. The van der Waals surface area contributed by atoms with E-state index in [1.54, 1.807) is 14.2 Å². The van der Waals surface area contributed by atoms with Crippen molar-refractivity contribution >= 4 is 22.3 Å². The van der Waals surface area contributed by atoms with Crippen molar-refractivity contribution in [2.45, 2.75) is 0 Å². The van der Waals surface area contributed by atoms with E-state index in [-0.39, 0.29) is 0 Å². The predicted molar refractivity (Wildman–Crippen MR) is 111 cm³/mol. The number of nitrogens with zero attached hydrogens (tertiary/aromatic N) is 1. The molecule has 0 bridgehead atoms. The van der Waals surface area contributed by atoms with Gasteiger partial charge in [0.05, 0.1) is 31.0 Å². The minimum atomic E-state index is 0.625. The molecule has 0 atom stereocenters. The SMILES string of the molecule is COc1ccc(-c2cc(=Nc3ccccc3N)c3ccccc3o2)cc1OC. The average molecular weight is 372 g/mol. The molecule has 0 aliphatic rings. The minimum Gasteiger partial charge on any atom is -0.493 e. The van der Waals surface area contributed by atoms with E-state index in [0.717, 1.165) is 27.6 Å². The number of ether oxygens (including phenoxy) is 2. The summed E-state index contributed by atoms with van der Waals surface area (Å²) in [6.07, 6.45) is 0. The minimum absolute atomic E-state index is 0.625. The molecule has 4 rings (SSSR count). The fourth-order valence-electron chi connectivity index (χ4n) is 3.06. The molecule has 4 aromatic rings. The Hall–Kier alpha value is -3.73. The van der Waals surface area contributed by atoms with Crippen LogP contribution in [0, 0.1) is 0 Å². The van der Waals surface area contributed by atoms with Gasteiger partial charge in [0, 0.05) is 17.0 Å². The second-order valence-corrected chi connectivity index (χ2v) is 6.23. The molecule has 0 aliphatic carbocycles. The van der Waals surface area contributed by atoms with Crippen LogP contribution in [0.1, 0.15) is 0 Å². The summed E-state index contributed by atoms with van der Waals surface area (Å²) in [6, 6.07) is 22.9. The summed E-state index contributed by atoms with van der Waals surface area (Å²) in [7, 11) is 3.22. The lowest BCUT2D eigenvalue weighted by molar-refractivity contribution is 0.355. The molecule has 0 spiro atoms. The lowest BCUT2D eigenvalue weighted by atomic mass is 10.1. The Labute approximate surface area is 162 Å². The van der Waals surface area contributed by atoms with Gasteiger partial charge in [-0.3, -0.25) is 0 Å². The van der Waals surface area contributed by atoms with E-state index in [2.05, 4.69) is 0 Å². The van der Waals surface area contributed by atoms with Gasteiger partial charge in [0.15, 0.2) is 11.5 Å². The van der Waals surface area contributed by atoms with E-state index in [0.29, 0.717) is 22.9 Å². The third-order valence-corrected chi connectivity index (χ3v) is 4.50. The standard InChI is InChI=1S/C23H20N2O3/c1-26-21-12-11-15(13-23(21)27-2)22-14-19(16-7-3-6-10-20(16)28-22)25-18-9-5-4-8-17(18)24/h3-14H,24H2,1-2H3. The summed E-state index contributed by atoms with van der Waals surface area (Å²) in [4.78, 5) is 4.79. The lowest BCUT2D eigenvalue weighted by Gasteiger charge is -2.10. The Bertz CT molecular complexity index is 1210. The van der Waals surface area contributed by atoms with E-state index in [9.17, 15) is 0 Å². The molecule has 5 nitrogen and oxygen atoms in total. The van der Waals surface area contributed by atoms with Gasteiger partial charge in [0.25, 0.3) is 0 Å². The van der Waals surface area contributed by atoms with Gasteiger partial charge in [0.1, 0.15) is 11.3 Å². The van der Waals surface area contributed by atoms with E-state index in [1.807, 2.05) is 72.8 Å². The highest BCUT2D eigenvalue weighted by Crippen LogP contribution is 2.33. The molecule has 1 aromatic heterocycles. The van der Waals surface area contributed by atoms with Crippen LogP contribution in [0.4, 0.5) is 11.4 Å². The summed E-state index contributed by atoms with van der Waals surface area (Å²) < 4.78 is 16.9. The Morgan fingerprint density at radius 3 is 2.36 bits per heavy atom. The number of nitrogen functional groups attached to an aromatic ring is 1. The highest BCUT2D eigenvalue weighted by atomic mass is 16.5. The zero-order valence-corrected chi connectivity index (χ0v) is 15.7. The van der Waals surface area contributed by atoms with E-state index < -0.39 is 0 Å². The lowest BCUT2D eigenvalue weighted by Crippen LogP contribution is -2.03. The van der Waals surface area contributed by atoms with Crippen LogP contribution in [-0.2, 0) is 0 Å². The van der Waals surface area contributed by atoms with Gasteiger partial charge in [-0.1, -0.05) is 24.3 Å². The molecule has 140 valence electrons. The number of methoxy groups -OCH3 is 2. The van der Waals surface area contributed by atoms with Crippen LogP contribution in [0.5, 0.6) is 11.5 Å². The Kier molecular flexibility index (Phi) is 4.72. The fourth-order valence-corrected chi connectivity index (χ4v) is 3.06. The first kappa shape index (κ1) is 17.7. The zero-order valence-electron chi connectivity index (χ0n) is 15.7. The van der Waals surface area contributed by atoms with Gasteiger partial charge in [-0.05, 0) is 42.5 Å². The summed E-state index contributed by atoms with van der Waals surface area (Å²) >= 11 is 0.